The van der Waals surface area contributed by atoms with E-state index in [0.717, 1.165) is 44.9 Å². The molecule has 3 heteroatoms. The molecule has 4 rings (SSSR count). The Morgan fingerprint density at radius 3 is 2.75 bits per heavy atom. The first-order chi connectivity index (χ1) is 11.4. The molecule has 0 amide bonds. The first-order valence-electron chi connectivity index (χ1n) is 9.80. The maximum atomic E-state index is 11.2. The zero-order valence-electron chi connectivity index (χ0n) is 15.1. The highest BCUT2D eigenvalue weighted by atomic mass is 16.3. The average molecular weight is 332 g/mol. The predicted octanol–water partition coefficient (Wildman–Crippen LogP) is 3.34. The van der Waals surface area contributed by atoms with Crippen LogP contribution in [0.3, 0.4) is 0 Å². The Balaban J connectivity index is 1.62. The third kappa shape index (κ3) is 2.14. The van der Waals surface area contributed by atoms with Gasteiger partial charge < -0.3 is 15.3 Å². The van der Waals surface area contributed by atoms with E-state index in [4.69, 9.17) is 0 Å². The molecule has 0 aromatic rings. The molecule has 2 saturated carbocycles. The Kier molecular flexibility index (Phi) is 3.98. The van der Waals surface area contributed by atoms with Crippen LogP contribution >= 0.6 is 0 Å². The second-order valence-electron chi connectivity index (χ2n) is 9.04. The lowest BCUT2D eigenvalue weighted by Gasteiger charge is -2.54. The molecule has 0 saturated heterocycles. The predicted molar refractivity (Wildman–Crippen MR) is 94.3 cm³/mol. The molecule has 5 unspecified atom stereocenters. The number of hydrogen-bond acceptors (Lipinski definition) is 3. The molecule has 0 radical (unpaired) electrons. The molecule has 3 N–H and O–H groups in total. The topological polar surface area (TPSA) is 60.7 Å². The normalized spacial score (nSPS) is 46.0. The zero-order valence-corrected chi connectivity index (χ0v) is 15.1. The summed E-state index contributed by atoms with van der Waals surface area (Å²) in [4.78, 5) is 0. The van der Waals surface area contributed by atoms with Gasteiger partial charge in [-0.15, -0.1) is 0 Å². The van der Waals surface area contributed by atoms with E-state index in [9.17, 15) is 15.3 Å². The molecule has 0 aromatic carbocycles. The van der Waals surface area contributed by atoms with Crippen molar-refractivity contribution in [3.05, 3.63) is 22.8 Å². The highest BCUT2D eigenvalue weighted by Crippen LogP contribution is 2.64. The van der Waals surface area contributed by atoms with Gasteiger partial charge in [-0.1, -0.05) is 24.1 Å². The fraction of sp³-hybridized carbons (Fsp3) is 0.810. The second kappa shape index (κ2) is 5.69. The molecule has 3 nitrogen and oxygen atoms in total. The van der Waals surface area contributed by atoms with Gasteiger partial charge in [-0.2, -0.15) is 0 Å². The number of allylic oxidation sites excluding steroid dienone is 3. The summed E-state index contributed by atoms with van der Waals surface area (Å²) in [6.45, 7) is 4.21. The summed E-state index contributed by atoms with van der Waals surface area (Å²) in [5.74, 6) is 1.87. The Bertz CT molecular complexity index is 590. The van der Waals surface area contributed by atoms with Gasteiger partial charge in [0, 0.05) is 5.41 Å². The molecule has 4 aliphatic rings. The molecule has 4 aliphatic carbocycles. The Labute approximate surface area is 145 Å². The molecule has 0 heterocycles. The monoisotopic (exact) mass is 332 g/mol. The summed E-state index contributed by atoms with van der Waals surface area (Å²) in [6, 6.07) is 0. The number of hydrogen-bond donors (Lipinski definition) is 3. The van der Waals surface area contributed by atoms with E-state index >= 15 is 0 Å². The van der Waals surface area contributed by atoms with Gasteiger partial charge in [0.25, 0.3) is 0 Å². The lowest BCUT2D eigenvalue weighted by Crippen LogP contribution is -2.56. The van der Waals surface area contributed by atoms with E-state index in [1.165, 1.54) is 12.0 Å². The first kappa shape index (κ1) is 16.8. The van der Waals surface area contributed by atoms with E-state index in [-0.39, 0.29) is 12.0 Å². The van der Waals surface area contributed by atoms with Gasteiger partial charge in [0.1, 0.15) is 0 Å². The van der Waals surface area contributed by atoms with Crippen LogP contribution in [0.2, 0.25) is 0 Å². The number of rotatable bonds is 2. The fourth-order valence-electron chi connectivity index (χ4n) is 6.84. The Morgan fingerprint density at radius 2 is 2.04 bits per heavy atom. The Hall–Kier alpha value is -0.640. The highest BCUT2D eigenvalue weighted by Gasteiger charge is 2.63. The Morgan fingerprint density at radius 1 is 1.25 bits per heavy atom. The summed E-state index contributed by atoms with van der Waals surface area (Å²) >= 11 is 0. The minimum atomic E-state index is -0.909. The van der Waals surface area contributed by atoms with Gasteiger partial charge in [0.2, 0.25) is 0 Å². The summed E-state index contributed by atoms with van der Waals surface area (Å²) in [5, 5.41) is 30.9. The van der Waals surface area contributed by atoms with E-state index < -0.39 is 11.7 Å². The van der Waals surface area contributed by atoms with Gasteiger partial charge >= 0.3 is 0 Å². The van der Waals surface area contributed by atoms with Crippen molar-refractivity contribution in [1.29, 1.82) is 0 Å². The van der Waals surface area contributed by atoms with Gasteiger partial charge in [-0.05, 0) is 81.6 Å². The molecule has 0 spiro atoms. The summed E-state index contributed by atoms with van der Waals surface area (Å²) in [5.41, 5.74) is 3.39. The maximum absolute atomic E-state index is 11.2. The smallest absolute Gasteiger partial charge is 0.0958 e. The van der Waals surface area contributed by atoms with Crippen molar-refractivity contribution in [2.24, 2.45) is 23.2 Å². The maximum Gasteiger partial charge on any atom is 0.0958 e. The van der Waals surface area contributed by atoms with Crippen LogP contribution < -0.4 is 0 Å². The van der Waals surface area contributed by atoms with Crippen molar-refractivity contribution in [2.45, 2.75) is 76.9 Å². The van der Waals surface area contributed by atoms with Crippen molar-refractivity contribution in [2.75, 3.05) is 6.61 Å². The SMILES string of the molecule is CC(O)[C@@]1(O)CCC2C3CCC4=C(CC=C(CO)C4)C3CCC21C. The van der Waals surface area contributed by atoms with Crippen LogP contribution in [0.25, 0.3) is 0 Å². The fourth-order valence-corrected chi connectivity index (χ4v) is 6.84. The standard InChI is InChI=1S/C21H32O3/c1-13(23)21(24)10-8-19-18-6-4-15-11-14(12-22)3-5-16(15)17(18)7-9-20(19,21)2/h3,13,17-19,22-24H,4-12H2,1-2H3/t13?,17?,18?,19?,20?,21-/m0/s1. The van der Waals surface area contributed by atoms with Crippen molar-refractivity contribution in [1.82, 2.24) is 0 Å². The van der Waals surface area contributed by atoms with Crippen LogP contribution in [0.4, 0.5) is 0 Å². The van der Waals surface area contributed by atoms with Crippen LogP contribution in [0.5, 0.6) is 0 Å². The molecule has 134 valence electrons. The largest absolute Gasteiger partial charge is 0.392 e. The third-order valence-corrected chi connectivity index (χ3v) is 8.28. The average Bonchev–Trinajstić information content (AvgIpc) is 2.87. The van der Waals surface area contributed by atoms with Crippen LogP contribution in [0.15, 0.2) is 22.8 Å². The molecule has 24 heavy (non-hydrogen) atoms. The summed E-state index contributed by atoms with van der Waals surface area (Å²) < 4.78 is 0. The molecule has 0 aromatic heterocycles. The summed E-state index contributed by atoms with van der Waals surface area (Å²) in [6.07, 6.45) is 9.95. The first-order valence-corrected chi connectivity index (χ1v) is 9.80. The minimum Gasteiger partial charge on any atom is -0.392 e. The van der Waals surface area contributed by atoms with Gasteiger partial charge in [0.15, 0.2) is 0 Å². The van der Waals surface area contributed by atoms with Gasteiger partial charge in [0.05, 0.1) is 18.3 Å². The van der Waals surface area contributed by atoms with Gasteiger partial charge in [-0.25, -0.2) is 0 Å². The number of aliphatic hydroxyl groups excluding tert-OH is 2. The lowest BCUT2D eigenvalue weighted by atomic mass is 9.52. The molecule has 0 aliphatic heterocycles. The van der Waals surface area contributed by atoms with Crippen molar-refractivity contribution < 1.29 is 15.3 Å². The zero-order chi connectivity index (χ0) is 17.1. The van der Waals surface area contributed by atoms with E-state index in [2.05, 4.69) is 13.0 Å². The molecule has 0 bridgehead atoms. The van der Waals surface area contributed by atoms with E-state index in [1.807, 2.05) is 0 Å². The molecule has 6 atom stereocenters. The van der Waals surface area contributed by atoms with Crippen molar-refractivity contribution >= 4 is 0 Å². The van der Waals surface area contributed by atoms with Crippen LogP contribution in [-0.4, -0.2) is 33.6 Å². The second-order valence-corrected chi connectivity index (χ2v) is 9.04. The van der Waals surface area contributed by atoms with Crippen LogP contribution in [0.1, 0.15) is 65.2 Å². The van der Waals surface area contributed by atoms with Crippen LogP contribution in [-0.2, 0) is 0 Å². The van der Waals surface area contributed by atoms with E-state index in [1.54, 1.807) is 18.1 Å². The molecular weight excluding hydrogens is 300 g/mol. The van der Waals surface area contributed by atoms with E-state index in [0.29, 0.717) is 17.8 Å². The third-order valence-electron chi connectivity index (χ3n) is 8.28. The number of fused-ring (bicyclic) bond motifs is 4. The quantitative estimate of drug-likeness (QED) is 0.680. The molecular formula is C21H32O3. The lowest BCUT2D eigenvalue weighted by molar-refractivity contribution is -0.161. The summed E-state index contributed by atoms with van der Waals surface area (Å²) in [7, 11) is 0. The van der Waals surface area contributed by atoms with Crippen molar-refractivity contribution in [3.63, 3.8) is 0 Å². The van der Waals surface area contributed by atoms with Crippen LogP contribution in [0, 0.1) is 23.2 Å². The molecule has 2 fully saturated rings. The van der Waals surface area contributed by atoms with Gasteiger partial charge in [-0.3, -0.25) is 0 Å². The number of aliphatic hydroxyl groups is 3. The van der Waals surface area contributed by atoms with Crippen molar-refractivity contribution in [3.8, 4) is 0 Å². The minimum absolute atomic E-state index is 0.138. The highest BCUT2D eigenvalue weighted by molar-refractivity contribution is 5.34.